The summed E-state index contributed by atoms with van der Waals surface area (Å²) in [4.78, 5) is 20.9. The van der Waals surface area contributed by atoms with Gasteiger partial charge in [0.05, 0.1) is 11.6 Å². The first-order chi connectivity index (χ1) is 15.0. The lowest BCUT2D eigenvalue weighted by Gasteiger charge is -2.33. The molecule has 1 amide bonds. The van der Waals surface area contributed by atoms with Crippen molar-refractivity contribution in [1.29, 1.82) is 0 Å². The highest BCUT2D eigenvalue weighted by atomic mass is 35.5. The lowest BCUT2D eigenvalue weighted by Crippen LogP contribution is -2.47. The van der Waals surface area contributed by atoms with E-state index in [2.05, 4.69) is 15.0 Å². The summed E-state index contributed by atoms with van der Waals surface area (Å²) >= 11 is 5.78. The number of amides is 1. The van der Waals surface area contributed by atoms with Gasteiger partial charge in [-0.2, -0.15) is 4.98 Å². The van der Waals surface area contributed by atoms with Crippen LogP contribution in [0.25, 0.3) is 17.5 Å². The van der Waals surface area contributed by atoms with E-state index in [9.17, 15) is 9.18 Å². The highest BCUT2D eigenvalue weighted by Gasteiger charge is 2.21. The summed E-state index contributed by atoms with van der Waals surface area (Å²) in [5.41, 5.74) is 2.78. The summed E-state index contributed by atoms with van der Waals surface area (Å²) in [6.07, 6.45) is 3.14. The van der Waals surface area contributed by atoms with Gasteiger partial charge in [0.15, 0.2) is 0 Å². The first kappa shape index (κ1) is 21.2. The van der Waals surface area contributed by atoms with Crippen molar-refractivity contribution in [2.75, 3.05) is 26.2 Å². The van der Waals surface area contributed by atoms with Gasteiger partial charge in [-0.05, 0) is 30.7 Å². The Hall–Kier alpha value is -3.03. The predicted octanol–water partition coefficient (Wildman–Crippen LogP) is 4.20. The second-order valence-corrected chi connectivity index (χ2v) is 7.89. The normalized spacial score (nSPS) is 15.0. The summed E-state index contributed by atoms with van der Waals surface area (Å²) in [6, 6.07) is 12.3. The fourth-order valence-electron chi connectivity index (χ4n) is 3.35. The lowest BCUT2D eigenvalue weighted by atomic mass is 10.1. The number of halogens is 2. The third kappa shape index (κ3) is 5.37. The van der Waals surface area contributed by atoms with E-state index in [1.54, 1.807) is 17.0 Å². The van der Waals surface area contributed by atoms with E-state index in [0.717, 1.165) is 5.56 Å². The second-order valence-electron chi connectivity index (χ2n) is 7.49. The number of piperazine rings is 1. The number of carbonyl (C=O) groups is 1. The molecule has 0 bridgehead atoms. The van der Waals surface area contributed by atoms with E-state index in [-0.39, 0.29) is 10.9 Å². The topological polar surface area (TPSA) is 62.5 Å². The minimum atomic E-state index is -0.478. The third-order valence-corrected chi connectivity index (χ3v) is 5.47. The first-order valence-electron chi connectivity index (χ1n) is 10.0. The van der Waals surface area contributed by atoms with Crippen LogP contribution in [0.4, 0.5) is 4.39 Å². The highest BCUT2D eigenvalue weighted by Crippen LogP contribution is 2.18. The van der Waals surface area contributed by atoms with E-state index in [1.165, 1.54) is 23.8 Å². The smallest absolute Gasteiger partial charge is 0.246 e. The van der Waals surface area contributed by atoms with Gasteiger partial charge in [0, 0.05) is 37.8 Å². The molecule has 2 heterocycles. The second kappa shape index (κ2) is 9.41. The van der Waals surface area contributed by atoms with Gasteiger partial charge in [-0.1, -0.05) is 52.7 Å². The molecule has 3 aromatic rings. The van der Waals surface area contributed by atoms with Gasteiger partial charge in [-0.25, -0.2) is 4.39 Å². The molecule has 2 aromatic carbocycles. The first-order valence-corrected chi connectivity index (χ1v) is 10.4. The molecular formula is C23H22ClFN4O2. The zero-order chi connectivity index (χ0) is 21.8. The Morgan fingerprint density at radius 3 is 2.61 bits per heavy atom. The number of carbonyl (C=O) groups excluding carboxylic acids is 1. The number of hydrogen-bond donors (Lipinski definition) is 0. The average Bonchev–Trinajstić information content (AvgIpc) is 3.24. The van der Waals surface area contributed by atoms with Gasteiger partial charge < -0.3 is 9.42 Å². The third-order valence-electron chi connectivity index (χ3n) is 5.18. The minimum Gasteiger partial charge on any atom is -0.338 e. The van der Waals surface area contributed by atoms with Crippen LogP contribution in [-0.4, -0.2) is 52.0 Å². The molecule has 0 radical (unpaired) electrons. The van der Waals surface area contributed by atoms with Crippen molar-refractivity contribution < 1.29 is 13.7 Å². The van der Waals surface area contributed by atoms with Gasteiger partial charge in [0.25, 0.3) is 0 Å². The van der Waals surface area contributed by atoms with Crippen molar-refractivity contribution in [1.82, 2.24) is 19.9 Å². The Bertz CT molecular complexity index is 1090. The van der Waals surface area contributed by atoms with E-state index < -0.39 is 5.82 Å². The van der Waals surface area contributed by atoms with Gasteiger partial charge >= 0.3 is 0 Å². The van der Waals surface area contributed by atoms with Crippen molar-refractivity contribution >= 4 is 23.6 Å². The largest absolute Gasteiger partial charge is 0.338 e. The summed E-state index contributed by atoms with van der Waals surface area (Å²) in [5, 5.41) is 4.11. The molecule has 6 nitrogen and oxygen atoms in total. The summed E-state index contributed by atoms with van der Waals surface area (Å²) in [5.74, 6) is 0.575. The molecule has 1 aliphatic heterocycles. The molecule has 1 fully saturated rings. The van der Waals surface area contributed by atoms with Gasteiger partial charge in [0.1, 0.15) is 5.82 Å². The van der Waals surface area contributed by atoms with Crippen LogP contribution < -0.4 is 0 Å². The van der Waals surface area contributed by atoms with E-state index in [0.29, 0.717) is 50.0 Å². The summed E-state index contributed by atoms with van der Waals surface area (Å²) in [6.45, 7) is 5.21. The Morgan fingerprint density at radius 2 is 1.90 bits per heavy atom. The number of rotatable bonds is 5. The molecule has 1 aromatic heterocycles. The number of nitrogens with zero attached hydrogens (tertiary/aromatic N) is 4. The molecule has 0 saturated carbocycles. The van der Waals surface area contributed by atoms with Crippen LogP contribution in [0.3, 0.4) is 0 Å². The van der Waals surface area contributed by atoms with Crippen LogP contribution in [0.15, 0.2) is 53.1 Å². The monoisotopic (exact) mass is 440 g/mol. The van der Waals surface area contributed by atoms with Crippen LogP contribution in [0.2, 0.25) is 5.02 Å². The molecule has 0 unspecified atom stereocenters. The molecule has 0 N–H and O–H groups in total. The van der Waals surface area contributed by atoms with E-state index in [4.69, 9.17) is 16.1 Å². The quantitative estimate of drug-likeness (QED) is 0.556. The average molecular weight is 441 g/mol. The van der Waals surface area contributed by atoms with E-state index in [1.807, 2.05) is 31.2 Å². The van der Waals surface area contributed by atoms with Crippen LogP contribution in [-0.2, 0) is 11.3 Å². The highest BCUT2D eigenvalue weighted by molar-refractivity contribution is 6.30. The molecule has 1 aliphatic rings. The molecule has 160 valence electrons. The molecule has 4 rings (SSSR count). The number of aromatic nitrogens is 2. The maximum absolute atomic E-state index is 13.2. The van der Waals surface area contributed by atoms with Crippen molar-refractivity contribution in [2.45, 2.75) is 13.5 Å². The fraction of sp³-hybridized carbons (Fsp3) is 0.261. The maximum Gasteiger partial charge on any atom is 0.246 e. The van der Waals surface area contributed by atoms with Crippen molar-refractivity contribution in [3.63, 3.8) is 0 Å². The predicted molar refractivity (Wildman–Crippen MR) is 117 cm³/mol. The number of hydrogen-bond acceptors (Lipinski definition) is 5. The molecule has 8 heteroatoms. The molecule has 31 heavy (non-hydrogen) atoms. The van der Waals surface area contributed by atoms with Crippen LogP contribution >= 0.6 is 11.6 Å². The van der Waals surface area contributed by atoms with E-state index >= 15 is 0 Å². The van der Waals surface area contributed by atoms with Crippen molar-refractivity contribution in [2.24, 2.45) is 0 Å². The summed E-state index contributed by atoms with van der Waals surface area (Å²) < 4.78 is 18.6. The lowest BCUT2D eigenvalue weighted by molar-refractivity contribution is -0.127. The molecule has 0 aliphatic carbocycles. The number of aryl methyl sites for hydroxylation is 1. The Morgan fingerprint density at radius 1 is 1.16 bits per heavy atom. The van der Waals surface area contributed by atoms with Gasteiger partial charge in [0.2, 0.25) is 17.6 Å². The standard InChI is InChI=1S/C23H22ClFN4O2/c1-16-2-6-18(7-3-16)23-26-21(31-27-23)15-28-10-12-29(13-11-28)22(30)9-5-17-4-8-20(25)19(24)14-17/h2-9,14H,10-13,15H2,1H3. The SMILES string of the molecule is Cc1ccc(-c2noc(CN3CCN(C(=O)C=Cc4ccc(F)c(Cl)c4)CC3)n2)cc1. The molecule has 0 atom stereocenters. The van der Waals surface area contributed by atoms with Gasteiger partial charge in [-0.3, -0.25) is 9.69 Å². The Labute approximate surface area is 184 Å². The van der Waals surface area contributed by atoms with Crippen molar-refractivity contribution in [3.8, 4) is 11.4 Å². The zero-order valence-corrected chi connectivity index (χ0v) is 17.8. The number of benzene rings is 2. The van der Waals surface area contributed by atoms with Crippen molar-refractivity contribution in [3.05, 3.63) is 76.4 Å². The minimum absolute atomic E-state index is 0.0368. The van der Waals surface area contributed by atoms with Gasteiger partial charge in [-0.15, -0.1) is 0 Å². The maximum atomic E-state index is 13.2. The molecule has 1 saturated heterocycles. The Kier molecular flexibility index (Phi) is 6.44. The summed E-state index contributed by atoms with van der Waals surface area (Å²) in [7, 11) is 0. The van der Waals surface area contributed by atoms with Crippen LogP contribution in [0.5, 0.6) is 0 Å². The molecular weight excluding hydrogens is 419 g/mol. The van der Waals surface area contributed by atoms with Crippen LogP contribution in [0, 0.1) is 12.7 Å². The molecule has 0 spiro atoms. The Balaban J connectivity index is 1.28. The fourth-order valence-corrected chi connectivity index (χ4v) is 3.53. The van der Waals surface area contributed by atoms with Crippen LogP contribution in [0.1, 0.15) is 17.0 Å². The zero-order valence-electron chi connectivity index (χ0n) is 17.1.